The van der Waals surface area contributed by atoms with Crippen molar-refractivity contribution < 1.29 is 4.79 Å². The molecule has 0 aliphatic heterocycles. The van der Waals surface area contributed by atoms with Crippen LogP contribution in [0.25, 0.3) is 0 Å². The molecule has 0 amide bonds. The van der Waals surface area contributed by atoms with Gasteiger partial charge in [-0.2, -0.15) is 0 Å². The quantitative estimate of drug-likeness (QED) is 0.737. The third-order valence-corrected chi connectivity index (χ3v) is 2.50. The Balaban J connectivity index is 2.15. The number of ketones is 1. The van der Waals surface area contributed by atoms with Crippen molar-refractivity contribution >= 4 is 17.3 Å². The second kappa shape index (κ2) is 4.27. The number of aromatic nitrogens is 3. The zero-order valence-corrected chi connectivity index (χ0v) is 8.99. The van der Waals surface area contributed by atoms with Gasteiger partial charge < -0.3 is 0 Å². The van der Waals surface area contributed by atoms with Crippen LogP contribution >= 0.6 is 11.5 Å². The molecule has 2 aromatic rings. The summed E-state index contributed by atoms with van der Waals surface area (Å²) in [7, 11) is 0. The molecule has 0 N–H and O–H groups in total. The molecule has 0 unspecified atom stereocenters. The number of aryl methyl sites for hydroxylation is 1. The minimum atomic E-state index is 0.0268. The Kier molecular flexibility index (Phi) is 2.82. The third kappa shape index (κ3) is 2.44. The summed E-state index contributed by atoms with van der Waals surface area (Å²) < 4.78 is 3.71. The van der Waals surface area contributed by atoms with E-state index in [1.807, 2.05) is 13.0 Å². The number of nitrogens with zero attached hydrogens (tertiary/aromatic N) is 3. The van der Waals surface area contributed by atoms with Gasteiger partial charge in [0.1, 0.15) is 0 Å². The number of Topliss-reactive ketones (excluding diaryl/α,β-unsaturated/α-hetero) is 1. The second-order valence-electron chi connectivity index (χ2n) is 3.25. The van der Waals surface area contributed by atoms with Gasteiger partial charge in [-0.05, 0) is 30.1 Å². The fourth-order valence-corrected chi connectivity index (χ4v) is 1.69. The van der Waals surface area contributed by atoms with Crippen LogP contribution in [-0.4, -0.2) is 20.4 Å². The molecule has 2 heterocycles. The van der Waals surface area contributed by atoms with Crippen molar-refractivity contribution in [3.8, 4) is 0 Å². The highest BCUT2D eigenvalue weighted by atomic mass is 32.1. The second-order valence-corrected chi connectivity index (χ2v) is 3.86. The van der Waals surface area contributed by atoms with Crippen molar-refractivity contribution in [3.05, 3.63) is 40.7 Å². The summed E-state index contributed by atoms with van der Waals surface area (Å²) >= 11 is 1.25. The molecule has 0 atom stereocenters. The lowest BCUT2D eigenvalue weighted by Gasteiger charge is -1.98. The first-order valence-electron chi connectivity index (χ1n) is 4.46. The summed E-state index contributed by atoms with van der Waals surface area (Å²) in [5.74, 6) is 0.0268. The van der Waals surface area contributed by atoms with Gasteiger partial charge in [0.15, 0.2) is 5.78 Å². The van der Waals surface area contributed by atoms with E-state index in [-0.39, 0.29) is 5.78 Å². The standard InChI is InChI=1S/C10H9N3OS/c1-7-2-8(5-11-4-7)10(14)3-9-6-15-13-12-9/h2,4-6H,3H2,1H3. The molecule has 15 heavy (non-hydrogen) atoms. The van der Waals surface area contributed by atoms with Gasteiger partial charge in [-0.1, -0.05) is 4.49 Å². The first kappa shape index (κ1) is 9.92. The molecule has 0 fully saturated rings. The molecule has 0 aliphatic carbocycles. The number of pyridine rings is 1. The summed E-state index contributed by atoms with van der Waals surface area (Å²) in [6.07, 6.45) is 3.60. The highest BCUT2D eigenvalue weighted by molar-refractivity contribution is 7.03. The summed E-state index contributed by atoms with van der Waals surface area (Å²) in [6, 6.07) is 1.83. The molecule has 0 radical (unpaired) electrons. The van der Waals surface area contributed by atoms with E-state index in [1.165, 1.54) is 11.5 Å². The van der Waals surface area contributed by atoms with E-state index in [4.69, 9.17) is 0 Å². The lowest BCUT2D eigenvalue weighted by atomic mass is 10.1. The largest absolute Gasteiger partial charge is 0.294 e. The summed E-state index contributed by atoms with van der Waals surface area (Å²) in [4.78, 5) is 15.7. The van der Waals surface area contributed by atoms with Crippen LogP contribution < -0.4 is 0 Å². The van der Waals surface area contributed by atoms with Crippen LogP contribution in [0.2, 0.25) is 0 Å². The smallest absolute Gasteiger partial charge is 0.170 e. The first-order chi connectivity index (χ1) is 7.25. The minimum absolute atomic E-state index is 0.0268. The third-order valence-electron chi connectivity index (χ3n) is 1.94. The summed E-state index contributed by atoms with van der Waals surface area (Å²) in [5.41, 5.74) is 2.33. The van der Waals surface area contributed by atoms with E-state index in [2.05, 4.69) is 14.6 Å². The van der Waals surface area contributed by atoms with Crippen LogP contribution in [0, 0.1) is 6.92 Å². The zero-order valence-electron chi connectivity index (χ0n) is 8.17. The number of carbonyl (C=O) groups excluding carboxylic acids is 1. The van der Waals surface area contributed by atoms with E-state index in [1.54, 1.807) is 17.8 Å². The first-order valence-corrected chi connectivity index (χ1v) is 5.30. The van der Waals surface area contributed by atoms with Gasteiger partial charge in [0.05, 0.1) is 12.1 Å². The molecule has 0 aromatic carbocycles. The van der Waals surface area contributed by atoms with E-state index in [0.29, 0.717) is 17.7 Å². The molecule has 0 saturated heterocycles. The van der Waals surface area contributed by atoms with Gasteiger partial charge in [0, 0.05) is 23.3 Å². The monoisotopic (exact) mass is 219 g/mol. The predicted octanol–water partition coefficient (Wildman–Crippen LogP) is 1.67. The van der Waals surface area contributed by atoms with Crippen LogP contribution in [0.3, 0.4) is 0 Å². The fraction of sp³-hybridized carbons (Fsp3) is 0.200. The minimum Gasteiger partial charge on any atom is -0.294 e. The summed E-state index contributed by atoms with van der Waals surface area (Å²) in [5, 5.41) is 5.61. The molecule has 0 saturated carbocycles. The highest BCUT2D eigenvalue weighted by Crippen LogP contribution is 2.07. The molecule has 2 rings (SSSR count). The Morgan fingerprint density at radius 2 is 2.33 bits per heavy atom. The van der Waals surface area contributed by atoms with Crippen LogP contribution in [0.4, 0.5) is 0 Å². The lowest BCUT2D eigenvalue weighted by molar-refractivity contribution is 0.0991. The van der Waals surface area contributed by atoms with Gasteiger partial charge in [-0.15, -0.1) is 5.10 Å². The predicted molar refractivity (Wildman–Crippen MR) is 56.9 cm³/mol. The van der Waals surface area contributed by atoms with Gasteiger partial charge >= 0.3 is 0 Å². The normalized spacial score (nSPS) is 10.2. The maximum atomic E-state index is 11.8. The maximum Gasteiger partial charge on any atom is 0.170 e. The average molecular weight is 219 g/mol. The van der Waals surface area contributed by atoms with Gasteiger partial charge in [-0.25, -0.2) is 0 Å². The molecule has 0 spiro atoms. The molecular weight excluding hydrogens is 210 g/mol. The van der Waals surface area contributed by atoms with Crippen LogP contribution in [0.1, 0.15) is 21.6 Å². The van der Waals surface area contributed by atoms with Gasteiger partial charge in [0.2, 0.25) is 0 Å². The van der Waals surface area contributed by atoms with E-state index < -0.39 is 0 Å². The topological polar surface area (TPSA) is 55.7 Å². The highest BCUT2D eigenvalue weighted by Gasteiger charge is 2.09. The lowest BCUT2D eigenvalue weighted by Crippen LogP contribution is -2.04. The van der Waals surface area contributed by atoms with E-state index in [9.17, 15) is 4.79 Å². The van der Waals surface area contributed by atoms with Crippen molar-refractivity contribution in [3.63, 3.8) is 0 Å². The Morgan fingerprint density at radius 1 is 1.47 bits per heavy atom. The number of carbonyl (C=O) groups is 1. The number of hydrogen-bond acceptors (Lipinski definition) is 5. The van der Waals surface area contributed by atoms with Crippen molar-refractivity contribution in [1.29, 1.82) is 0 Å². The molecule has 4 nitrogen and oxygen atoms in total. The van der Waals surface area contributed by atoms with Crippen molar-refractivity contribution in [2.45, 2.75) is 13.3 Å². The Hall–Kier alpha value is -1.62. The van der Waals surface area contributed by atoms with Crippen molar-refractivity contribution in [2.24, 2.45) is 0 Å². The summed E-state index contributed by atoms with van der Waals surface area (Å²) in [6.45, 7) is 1.91. The zero-order chi connectivity index (χ0) is 10.7. The Labute approximate surface area is 91.2 Å². The van der Waals surface area contributed by atoms with Gasteiger partial charge in [-0.3, -0.25) is 9.78 Å². The van der Waals surface area contributed by atoms with Crippen LogP contribution in [-0.2, 0) is 6.42 Å². The molecule has 2 aromatic heterocycles. The molecule has 0 bridgehead atoms. The Bertz CT molecular complexity index is 467. The van der Waals surface area contributed by atoms with Crippen molar-refractivity contribution in [2.75, 3.05) is 0 Å². The molecule has 76 valence electrons. The molecular formula is C10H9N3OS. The van der Waals surface area contributed by atoms with Crippen LogP contribution in [0.15, 0.2) is 23.8 Å². The average Bonchev–Trinajstić information content (AvgIpc) is 2.70. The SMILES string of the molecule is Cc1cncc(C(=O)Cc2csnn2)c1. The van der Waals surface area contributed by atoms with Gasteiger partial charge in [0.25, 0.3) is 0 Å². The van der Waals surface area contributed by atoms with E-state index >= 15 is 0 Å². The fourth-order valence-electron chi connectivity index (χ4n) is 1.24. The van der Waals surface area contributed by atoms with E-state index in [0.717, 1.165) is 5.56 Å². The number of rotatable bonds is 3. The molecule has 0 aliphatic rings. The Morgan fingerprint density at radius 3 is 3.00 bits per heavy atom. The van der Waals surface area contributed by atoms with Crippen molar-refractivity contribution in [1.82, 2.24) is 14.6 Å². The van der Waals surface area contributed by atoms with Crippen LogP contribution in [0.5, 0.6) is 0 Å². The number of hydrogen-bond donors (Lipinski definition) is 0. The molecule has 5 heteroatoms. The maximum absolute atomic E-state index is 11.8.